The minimum absolute atomic E-state index is 0.0395. The molecule has 7 heteroatoms. The fourth-order valence-electron chi connectivity index (χ4n) is 2.95. The number of benzene rings is 1. The largest absolute Gasteiger partial charge is 0.488 e. The second kappa shape index (κ2) is 8.62. The number of carbonyl (C=O) groups is 1. The first-order valence-corrected chi connectivity index (χ1v) is 8.70. The van der Waals surface area contributed by atoms with Crippen LogP contribution in [-0.2, 0) is 4.79 Å². The molecule has 7 nitrogen and oxygen atoms in total. The molecule has 26 heavy (non-hydrogen) atoms. The van der Waals surface area contributed by atoms with Gasteiger partial charge in [-0.3, -0.25) is 4.79 Å². The van der Waals surface area contributed by atoms with Crippen molar-refractivity contribution in [3.8, 4) is 11.8 Å². The molecule has 1 heterocycles. The van der Waals surface area contributed by atoms with Crippen LogP contribution in [0.5, 0.6) is 11.8 Å². The van der Waals surface area contributed by atoms with E-state index < -0.39 is 6.10 Å². The van der Waals surface area contributed by atoms with Crippen LogP contribution in [0.3, 0.4) is 0 Å². The Hall–Kier alpha value is -2.67. The number of aliphatic hydroxyl groups excluding tert-OH is 1. The molecule has 0 saturated heterocycles. The van der Waals surface area contributed by atoms with Crippen LogP contribution in [0.15, 0.2) is 42.7 Å². The lowest BCUT2D eigenvalue weighted by Crippen LogP contribution is -2.38. The Morgan fingerprint density at radius 3 is 2.69 bits per heavy atom. The van der Waals surface area contributed by atoms with Gasteiger partial charge in [0.15, 0.2) is 6.61 Å². The molecule has 138 valence electrons. The van der Waals surface area contributed by atoms with E-state index in [4.69, 9.17) is 9.47 Å². The molecule has 0 bridgehead atoms. The molecule has 1 amide bonds. The van der Waals surface area contributed by atoms with Crippen molar-refractivity contribution in [3.05, 3.63) is 48.3 Å². The van der Waals surface area contributed by atoms with Gasteiger partial charge in [0.25, 0.3) is 5.91 Å². The second-order valence-corrected chi connectivity index (χ2v) is 6.42. The molecule has 3 rings (SSSR count). The molecule has 0 spiro atoms. The lowest BCUT2D eigenvalue weighted by atomic mass is 10.1. The maximum atomic E-state index is 11.9. The number of rotatable bonds is 7. The van der Waals surface area contributed by atoms with E-state index >= 15 is 0 Å². The highest BCUT2D eigenvalue weighted by Crippen LogP contribution is 2.29. The summed E-state index contributed by atoms with van der Waals surface area (Å²) >= 11 is 0. The fraction of sp³-hybridized carbons (Fsp3) is 0.421. The Balaban J connectivity index is 1.41. The van der Waals surface area contributed by atoms with E-state index in [0.717, 1.165) is 24.2 Å². The summed E-state index contributed by atoms with van der Waals surface area (Å²) in [5, 5.41) is 13.2. The summed E-state index contributed by atoms with van der Waals surface area (Å²) in [6.07, 6.45) is 3.76. The van der Waals surface area contributed by atoms with Crippen molar-refractivity contribution >= 4 is 5.91 Å². The number of aliphatic hydroxyl groups is 1. The van der Waals surface area contributed by atoms with Crippen LogP contribution in [0.1, 0.15) is 18.4 Å². The van der Waals surface area contributed by atoms with E-state index in [2.05, 4.69) is 15.3 Å². The summed E-state index contributed by atoms with van der Waals surface area (Å²) in [7, 11) is 0. The monoisotopic (exact) mass is 357 g/mol. The molecule has 0 radical (unpaired) electrons. The molecule has 0 aliphatic heterocycles. The standard InChI is InChI=1S/C19H23N3O4/c1-13-3-6-15(7-4-13)26-16-8-5-14(18(16)24)11-22-17(23)12-25-19-20-9-2-10-21-19/h2-4,6-7,9-10,14,16,18,24H,5,8,11-12H2,1H3,(H,22,23)/t14-,16-,18-/m1/s1. The number of nitrogens with one attached hydrogen (secondary N) is 1. The molecule has 1 aliphatic carbocycles. The number of aromatic nitrogens is 2. The van der Waals surface area contributed by atoms with Gasteiger partial charge in [-0.15, -0.1) is 0 Å². The van der Waals surface area contributed by atoms with E-state index in [-0.39, 0.29) is 30.5 Å². The molecule has 1 fully saturated rings. The van der Waals surface area contributed by atoms with Crippen LogP contribution in [0.25, 0.3) is 0 Å². The van der Waals surface area contributed by atoms with Crippen molar-refractivity contribution < 1.29 is 19.4 Å². The summed E-state index contributed by atoms with van der Waals surface area (Å²) in [6.45, 7) is 2.24. The normalized spacial score (nSPS) is 22.0. The summed E-state index contributed by atoms with van der Waals surface area (Å²) in [6, 6.07) is 9.59. The molecule has 2 aromatic rings. The highest BCUT2D eigenvalue weighted by atomic mass is 16.5. The van der Waals surface area contributed by atoms with Gasteiger partial charge in [-0.1, -0.05) is 17.7 Å². The fourth-order valence-corrected chi connectivity index (χ4v) is 2.95. The van der Waals surface area contributed by atoms with Crippen molar-refractivity contribution in [2.24, 2.45) is 5.92 Å². The first-order valence-electron chi connectivity index (χ1n) is 8.70. The zero-order chi connectivity index (χ0) is 18.4. The zero-order valence-corrected chi connectivity index (χ0v) is 14.7. The van der Waals surface area contributed by atoms with Gasteiger partial charge in [0.05, 0.1) is 6.10 Å². The van der Waals surface area contributed by atoms with E-state index in [0.29, 0.717) is 6.54 Å². The Bertz CT molecular complexity index is 708. The number of carbonyl (C=O) groups excluding carboxylic acids is 1. The predicted octanol–water partition coefficient (Wildman–Crippen LogP) is 1.50. The minimum Gasteiger partial charge on any atom is -0.488 e. The summed E-state index contributed by atoms with van der Waals surface area (Å²) in [4.78, 5) is 19.7. The highest BCUT2D eigenvalue weighted by Gasteiger charge is 2.36. The van der Waals surface area contributed by atoms with Crippen LogP contribution in [0, 0.1) is 12.8 Å². The first kappa shape index (κ1) is 18.1. The molecule has 3 atom stereocenters. The van der Waals surface area contributed by atoms with Crippen molar-refractivity contribution in [2.45, 2.75) is 32.0 Å². The van der Waals surface area contributed by atoms with Gasteiger partial charge in [-0.05, 0) is 38.0 Å². The molecule has 1 aromatic carbocycles. The van der Waals surface area contributed by atoms with Crippen LogP contribution >= 0.6 is 0 Å². The van der Waals surface area contributed by atoms with Gasteiger partial charge >= 0.3 is 6.01 Å². The minimum atomic E-state index is -0.616. The van der Waals surface area contributed by atoms with Crippen molar-refractivity contribution in [3.63, 3.8) is 0 Å². The quantitative estimate of drug-likeness (QED) is 0.780. The predicted molar refractivity (Wildman–Crippen MR) is 94.9 cm³/mol. The van der Waals surface area contributed by atoms with Crippen LogP contribution in [0.4, 0.5) is 0 Å². The number of ether oxygens (including phenoxy) is 2. The van der Waals surface area contributed by atoms with Crippen molar-refractivity contribution in [1.82, 2.24) is 15.3 Å². The van der Waals surface area contributed by atoms with Gasteiger partial charge < -0.3 is 19.9 Å². The SMILES string of the molecule is Cc1ccc(O[C@@H]2CC[C@H](CNC(=O)COc3ncccn3)[C@H]2O)cc1. The third-order valence-electron chi connectivity index (χ3n) is 4.43. The number of aryl methyl sites for hydroxylation is 1. The molecule has 0 unspecified atom stereocenters. The average molecular weight is 357 g/mol. The number of amides is 1. The average Bonchev–Trinajstić information content (AvgIpc) is 3.01. The zero-order valence-electron chi connectivity index (χ0n) is 14.7. The molecular weight excluding hydrogens is 334 g/mol. The Labute approximate surface area is 152 Å². The maximum absolute atomic E-state index is 11.9. The van der Waals surface area contributed by atoms with E-state index in [1.165, 1.54) is 0 Å². The van der Waals surface area contributed by atoms with Crippen molar-refractivity contribution in [2.75, 3.05) is 13.2 Å². The maximum Gasteiger partial charge on any atom is 0.316 e. The molecule has 1 aromatic heterocycles. The number of nitrogens with zero attached hydrogens (tertiary/aromatic N) is 2. The van der Waals surface area contributed by atoms with E-state index in [1.807, 2.05) is 31.2 Å². The molecule has 2 N–H and O–H groups in total. The number of hydrogen-bond acceptors (Lipinski definition) is 6. The van der Waals surface area contributed by atoms with Gasteiger partial charge in [0, 0.05) is 24.9 Å². The topological polar surface area (TPSA) is 93.6 Å². The van der Waals surface area contributed by atoms with Crippen molar-refractivity contribution in [1.29, 1.82) is 0 Å². The van der Waals surface area contributed by atoms with E-state index in [1.54, 1.807) is 18.5 Å². The Morgan fingerprint density at radius 1 is 1.23 bits per heavy atom. The van der Waals surface area contributed by atoms with Crippen LogP contribution in [-0.4, -0.2) is 46.3 Å². The lowest BCUT2D eigenvalue weighted by Gasteiger charge is -2.21. The molecular formula is C19H23N3O4. The Morgan fingerprint density at radius 2 is 1.96 bits per heavy atom. The smallest absolute Gasteiger partial charge is 0.316 e. The van der Waals surface area contributed by atoms with Crippen LogP contribution in [0.2, 0.25) is 0 Å². The van der Waals surface area contributed by atoms with Gasteiger partial charge in [-0.25, -0.2) is 9.97 Å². The Kier molecular flexibility index (Phi) is 6.01. The molecule has 1 saturated carbocycles. The van der Waals surface area contributed by atoms with E-state index in [9.17, 15) is 9.90 Å². The first-order chi connectivity index (χ1) is 12.6. The third-order valence-corrected chi connectivity index (χ3v) is 4.43. The van der Waals surface area contributed by atoms with Gasteiger partial charge in [0.2, 0.25) is 0 Å². The van der Waals surface area contributed by atoms with Gasteiger partial charge in [0.1, 0.15) is 11.9 Å². The summed E-state index contributed by atoms with van der Waals surface area (Å²) in [5.41, 5.74) is 1.16. The summed E-state index contributed by atoms with van der Waals surface area (Å²) < 4.78 is 11.1. The second-order valence-electron chi connectivity index (χ2n) is 6.42. The van der Waals surface area contributed by atoms with Gasteiger partial charge in [-0.2, -0.15) is 0 Å². The number of hydrogen-bond donors (Lipinski definition) is 2. The summed E-state index contributed by atoms with van der Waals surface area (Å²) in [5.74, 6) is 0.440. The third kappa shape index (κ3) is 4.92. The lowest BCUT2D eigenvalue weighted by molar-refractivity contribution is -0.123. The highest BCUT2D eigenvalue weighted by molar-refractivity contribution is 5.77. The van der Waals surface area contributed by atoms with Crippen LogP contribution < -0.4 is 14.8 Å². The molecule has 1 aliphatic rings.